The Bertz CT molecular complexity index is 1010. The molecule has 0 aliphatic rings. The highest BCUT2D eigenvalue weighted by atomic mass is 35.5. The van der Waals surface area contributed by atoms with Gasteiger partial charge in [0.15, 0.2) is 5.01 Å². The minimum Gasteiger partial charge on any atom is -0.507 e. The number of nitrogens with one attached hydrogen (secondary N) is 1. The van der Waals surface area contributed by atoms with E-state index in [1.165, 1.54) is 0 Å². The maximum Gasteiger partial charge on any atom is 0.286 e. The van der Waals surface area contributed by atoms with Crippen LogP contribution < -0.4 is 5.32 Å². The molecule has 0 saturated heterocycles. The maximum absolute atomic E-state index is 12.3. The normalized spacial score (nSPS) is 11.5. The van der Waals surface area contributed by atoms with Gasteiger partial charge in [0.1, 0.15) is 5.75 Å². The molecular weight excluding hydrogens is 405 g/mol. The number of carbonyl (C=O) groups excluding carboxylic acids is 1. The van der Waals surface area contributed by atoms with Gasteiger partial charge in [-0.25, -0.2) is 0 Å². The maximum atomic E-state index is 12.3. The second-order valence-electron chi connectivity index (χ2n) is 5.87. The molecule has 0 bridgehead atoms. The molecule has 3 aromatic rings. The summed E-state index contributed by atoms with van der Waals surface area (Å²) >= 11 is 13.3. The zero-order valence-corrected chi connectivity index (χ0v) is 16.8. The molecule has 138 valence electrons. The molecule has 0 spiro atoms. The van der Waals surface area contributed by atoms with Crippen LogP contribution in [0.4, 0.5) is 5.69 Å². The van der Waals surface area contributed by atoms with Gasteiger partial charge in [0.2, 0.25) is 5.01 Å². The van der Waals surface area contributed by atoms with Crippen LogP contribution in [0.3, 0.4) is 0 Å². The number of aromatic hydroxyl groups is 1. The van der Waals surface area contributed by atoms with Gasteiger partial charge >= 0.3 is 0 Å². The minimum absolute atomic E-state index is 0.199. The molecule has 0 aliphatic heterocycles. The molecule has 0 aliphatic carbocycles. The van der Waals surface area contributed by atoms with E-state index < -0.39 is 0 Å². The van der Waals surface area contributed by atoms with Crippen LogP contribution in [-0.2, 0) is 0 Å². The molecule has 2 aromatic carbocycles. The fourth-order valence-corrected chi connectivity index (χ4v) is 3.46. The predicted octanol–water partition coefficient (Wildman–Crippen LogP) is 5.50. The highest BCUT2D eigenvalue weighted by Crippen LogP contribution is 2.29. The van der Waals surface area contributed by atoms with Crippen LogP contribution in [-0.4, -0.2) is 21.2 Å². The van der Waals surface area contributed by atoms with Crippen molar-refractivity contribution in [2.45, 2.75) is 13.8 Å². The molecule has 1 amide bonds. The Morgan fingerprint density at radius 2 is 1.70 bits per heavy atom. The van der Waals surface area contributed by atoms with Crippen molar-refractivity contribution in [1.82, 2.24) is 10.2 Å². The second-order valence-corrected chi connectivity index (χ2v) is 7.69. The van der Waals surface area contributed by atoms with Gasteiger partial charge in [-0.3, -0.25) is 4.79 Å². The summed E-state index contributed by atoms with van der Waals surface area (Å²) in [6.07, 6.45) is 1.72. The molecule has 3 rings (SSSR count). The topological polar surface area (TPSA) is 75.1 Å². The number of phenols is 1. The quantitative estimate of drug-likeness (QED) is 0.584. The van der Waals surface area contributed by atoms with Gasteiger partial charge in [-0.15, -0.1) is 10.2 Å². The van der Waals surface area contributed by atoms with Crippen molar-refractivity contribution in [3.8, 4) is 5.75 Å². The lowest BCUT2D eigenvalue weighted by Crippen LogP contribution is -2.11. The van der Waals surface area contributed by atoms with Crippen molar-refractivity contribution in [3.05, 3.63) is 68.1 Å². The summed E-state index contributed by atoms with van der Waals surface area (Å²) in [7, 11) is 0. The van der Waals surface area contributed by atoms with Gasteiger partial charge in [0.05, 0.1) is 5.03 Å². The Hall–Kier alpha value is -2.41. The highest BCUT2D eigenvalue weighted by molar-refractivity contribution is 7.15. The summed E-state index contributed by atoms with van der Waals surface area (Å²) < 4.78 is 0. The molecule has 27 heavy (non-hydrogen) atoms. The van der Waals surface area contributed by atoms with Crippen LogP contribution >= 0.6 is 34.5 Å². The van der Waals surface area contributed by atoms with Crippen molar-refractivity contribution in [2.24, 2.45) is 0 Å². The van der Waals surface area contributed by atoms with E-state index in [9.17, 15) is 9.90 Å². The third-order valence-corrected chi connectivity index (χ3v) is 5.34. The van der Waals surface area contributed by atoms with Gasteiger partial charge in [-0.05, 0) is 73.0 Å². The lowest BCUT2D eigenvalue weighted by molar-refractivity contribution is 0.102. The summed E-state index contributed by atoms with van der Waals surface area (Å²) in [6.45, 7) is 3.63. The number of anilines is 1. The number of carbonyl (C=O) groups is 1. The predicted molar refractivity (Wildman–Crippen MR) is 111 cm³/mol. The van der Waals surface area contributed by atoms with E-state index in [1.807, 2.05) is 26.0 Å². The van der Waals surface area contributed by atoms with Crippen molar-refractivity contribution < 1.29 is 9.90 Å². The molecule has 0 unspecified atom stereocenters. The number of phenolic OH excluding ortho intramolecular Hbond substituents is 1. The molecule has 0 fully saturated rings. The first kappa shape index (κ1) is 19.4. The number of halogens is 2. The zero-order chi connectivity index (χ0) is 19.6. The lowest BCUT2D eigenvalue weighted by Gasteiger charge is -2.05. The molecule has 0 atom stereocenters. The third kappa shape index (κ3) is 4.66. The summed E-state index contributed by atoms with van der Waals surface area (Å²) in [4.78, 5) is 12.3. The summed E-state index contributed by atoms with van der Waals surface area (Å²) in [6, 6.07) is 10.4. The van der Waals surface area contributed by atoms with E-state index in [1.54, 1.807) is 30.3 Å². The average molecular weight is 420 g/mol. The third-order valence-electron chi connectivity index (χ3n) is 3.73. The monoisotopic (exact) mass is 419 g/mol. The fraction of sp³-hybridized carbons (Fsp3) is 0.105. The Balaban J connectivity index is 1.78. The highest BCUT2D eigenvalue weighted by Gasteiger charge is 2.15. The largest absolute Gasteiger partial charge is 0.507 e. The zero-order valence-electron chi connectivity index (χ0n) is 14.5. The summed E-state index contributed by atoms with van der Waals surface area (Å²) in [5.41, 5.74) is 2.95. The van der Waals surface area contributed by atoms with E-state index in [2.05, 4.69) is 15.5 Å². The first-order valence-corrected chi connectivity index (χ1v) is 9.49. The number of amides is 1. The minimum atomic E-state index is -0.373. The fourth-order valence-electron chi connectivity index (χ4n) is 2.41. The number of hydrogen-bond acceptors (Lipinski definition) is 5. The standard InChI is InChI=1S/C19H15Cl2N3O2S/c1-10-7-12(8-11(2)16(10)25)9-15(21)18-23-24-19(27-18)17(26)22-14-5-3-13(20)4-6-14/h3-9,25H,1-2H3,(H,22,26)/b15-9-. The first-order valence-electron chi connectivity index (χ1n) is 7.91. The molecule has 1 aromatic heterocycles. The van der Waals surface area contributed by atoms with Gasteiger partial charge in [0, 0.05) is 10.7 Å². The van der Waals surface area contributed by atoms with Crippen LogP contribution in [0.25, 0.3) is 11.1 Å². The Morgan fingerprint density at radius 1 is 1.11 bits per heavy atom. The number of rotatable bonds is 4. The Morgan fingerprint density at radius 3 is 2.33 bits per heavy atom. The average Bonchev–Trinajstić information content (AvgIpc) is 3.12. The number of hydrogen-bond donors (Lipinski definition) is 2. The van der Waals surface area contributed by atoms with Crippen molar-refractivity contribution in [1.29, 1.82) is 0 Å². The van der Waals surface area contributed by atoms with Crippen LogP contribution in [0.2, 0.25) is 5.02 Å². The lowest BCUT2D eigenvalue weighted by atomic mass is 10.1. The van der Waals surface area contributed by atoms with Crippen LogP contribution in [0, 0.1) is 13.8 Å². The molecule has 0 radical (unpaired) electrons. The van der Waals surface area contributed by atoms with Crippen molar-refractivity contribution >= 4 is 57.2 Å². The van der Waals surface area contributed by atoms with Gasteiger partial charge in [-0.1, -0.05) is 34.5 Å². The van der Waals surface area contributed by atoms with Crippen LogP contribution in [0.5, 0.6) is 5.75 Å². The van der Waals surface area contributed by atoms with Crippen molar-refractivity contribution in [2.75, 3.05) is 5.32 Å². The molecule has 1 heterocycles. The summed E-state index contributed by atoms with van der Waals surface area (Å²) in [5, 5.41) is 22.1. The second kappa shape index (κ2) is 8.08. The summed E-state index contributed by atoms with van der Waals surface area (Å²) in [5.74, 6) is -0.109. The van der Waals surface area contributed by atoms with E-state index in [0.717, 1.165) is 28.0 Å². The van der Waals surface area contributed by atoms with Gasteiger partial charge < -0.3 is 10.4 Å². The molecular formula is C19H15Cl2N3O2S. The van der Waals surface area contributed by atoms with E-state index >= 15 is 0 Å². The van der Waals surface area contributed by atoms with E-state index in [4.69, 9.17) is 23.2 Å². The molecule has 0 saturated carbocycles. The SMILES string of the molecule is Cc1cc(/C=C(\Cl)c2nnc(C(=O)Nc3ccc(Cl)cc3)s2)cc(C)c1O. The molecule has 8 heteroatoms. The number of aryl methyl sites for hydroxylation is 2. The smallest absolute Gasteiger partial charge is 0.286 e. The Kier molecular flexibility index (Phi) is 5.79. The van der Waals surface area contributed by atoms with Crippen molar-refractivity contribution in [3.63, 3.8) is 0 Å². The van der Waals surface area contributed by atoms with E-state index in [0.29, 0.717) is 20.7 Å². The molecule has 2 N–H and O–H groups in total. The van der Waals surface area contributed by atoms with Gasteiger partial charge in [-0.2, -0.15) is 0 Å². The molecule has 5 nitrogen and oxygen atoms in total. The number of benzene rings is 2. The Labute approximate surface area is 170 Å². The number of nitrogens with zero attached hydrogens (tertiary/aromatic N) is 2. The van der Waals surface area contributed by atoms with E-state index in [-0.39, 0.29) is 16.7 Å². The number of aromatic nitrogens is 2. The van der Waals surface area contributed by atoms with Crippen LogP contribution in [0.1, 0.15) is 31.5 Å². The first-order chi connectivity index (χ1) is 12.8. The van der Waals surface area contributed by atoms with Gasteiger partial charge in [0.25, 0.3) is 5.91 Å². The van der Waals surface area contributed by atoms with Crippen LogP contribution in [0.15, 0.2) is 36.4 Å².